The van der Waals surface area contributed by atoms with Crippen molar-refractivity contribution in [1.82, 2.24) is 15.5 Å². The Balaban J connectivity index is 1.67. The van der Waals surface area contributed by atoms with Crippen LogP contribution in [0.5, 0.6) is 0 Å². The summed E-state index contributed by atoms with van der Waals surface area (Å²) in [5, 5.41) is 7.08. The molecule has 2 aliphatic heterocycles. The molecule has 0 aliphatic carbocycles. The monoisotopic (exact) mass is 402 g/mol. The van der Waals surface area contributed by atoms with Crippen LogP contribution in [0.25, 0.3) is 0 Å². The van der Waals surface area contributed by atoms with E-state index in [9.17, 15) is 0 Å². The van der Waals surface area contributed by atoms with Crippen LogP contribution in [0.4, 0.5) is 0 Å². The van der Waals surface area contributed by atoms with E-state index in [2.05, 4.69) is 66.6 Å². The van der Waals surface area contributed by atoms with Crippen LogP contribution in [0, 0.1) is 0 Å². The average Bonchev–Trinajstić information content (AvgIpc) is 2.77. The number of aliphatic imine (C=N–C) groups is 1. The van der Waals surface area contributed by atoms with E-state index in [1.165, 1.54) is 5.56 Å². The second-order valence-electron chi connectivity index (χ2n) is 8.72. The number of hydrogen-bond acceptors (Lipinski definition) is 4. The summed E-state index contributed by atoms with van der Waals surface area (Å²) in [5.41, 5.74) is 1.50. The number of nitrogens with zero attached hydrogens (tertiary/aromatic N) is 2. The molecule has 1 aromatic rings. The Morgan fingerprint density at radius 1 is 1.03 bits per heavy atom. The van der Waals surface area contributed by atoms with Gasteiger partial charge in [-0.1, -0.05) is 30.3 Å². The van der Waals surface area contributed by atoms with Crippen LogP contribution >= 0.6 is 0 Å². The van der Waals surface area contributed by atoms with Crippen LogP contribution in [-0.4, -0.2) is 75.5 Å². The maximum absolute atomic E-state index is 5.67. The second kappa shape index (κ2) is 10.4. The second-order valence-corrected chi connectivity index (χ2v) is 8.72. The van der Waals surface area contributed by atoms with Gasteiger partial charge in [-0.3, -0.25) is 9.89 Å². The van der Waals surface area contributed by atoms with Gasteiger partial charge in [-0.05, 0) is 39.2 Å². The van der Waals surface area contributed by atoms with Gasteiger partial charge in [0.1, 0.15) is 0 Å². The highest BCUT2D eigenvalue weighted by atomic mass is 16.5. The molecule has 2 fully saturated rings. The Bertz CT molecular complexity index is 636. The van der Waals surface area contributed by atoms with Crippen LogP contribution < -0.4 is 10.6 Å². The molecule has 0 bridgehead atoms. The van der Waals surface area contributed by atoms with Crippen molar-refractivity contribution in [2.75, 3.05) is 59.2 Å². The summed E-state index contributed by atoms with van der Waals surface area (Å²) in [6.45, 7) is 14.3. The Hall–Kier alpha value is -1.63. The molecule has 3 rings (SSSR count). The molecule has 2 N–H and O–H groups in total. The van der Waals surface area contributed by atoms with Gasteiger partial charge in [0.05, 0.1) is 19.8 Å². The number of rotatable bonds is 7. The Morgan fingerprint density at radius 3 is 2.34 bits per heavy atom. The van der Waals surface area contributed by atoms with Gasteiger partial charge in [-0.15, -0.1) is 0 Å². The lowest BCUT2D eigenvalue weighted by atomic mass is 9.74. The highest BCUT2D eigenvalue weighted by molar-refractivity contribution is 5.80. The molecule has 162 valence electrons. The van der Waals surface area contributed by atoms with Gasteiger partial charge >= 0.3 is 0 Å². The van der Waals surface area contributed by atoms with Crippen LogP contribution in [0.1, 0.15) is 39.2 Å². The van der Waals surface area contributed by atoms with Crippen LogP contribution in [-0.2, 0) is 14.9 Å². The lowest BCUT2D eigenvalue weighted by molar-refractivity contribution is -0.00684. The fraction of sp³-hybridized carbons (Fsp3) is 0.696. The summed E-state index contributed by atoms with van der Waals surface area (Å²) < 4.78 is 11.2. The van der Waals surface area contributed by atoms with Crippen molar-refractivity contribution in [3.63, 3.8) is 0 Å². The van der Waals surface area contributed by atoms with E-state index in [-0.39, 0.29) is 11.0 Å². The largest absolute Gasteiger partial charge is 0.381 e. The van der Waals surface area contributed by atoms with Crippen molar-refractivity contribution < 1.29 is 9.47 Å². The Kier molecular flexibility index (Phi) is 7.92. The van der Waals surface area contributed by atoms with Crippen molar-refractivity contribution in [3.05, 3.63) is 35.9 Å². The summed E-state index contributed by atoms with van der Waals surface area (Å²) >= 11 is 0. The minimum atomic E-state index is 0.0158. The molecule has 2 saturated heterocycles. The smallest absolute Gasteiger partial charge is 0.191 e. The minimum Gasteiger partial charge on any atom is -0.381 e. The van der Waals surface area contributed by atoms with E-state index in [1.54, 1.807) is 0 Å². The van der Waals surface area contributed by atoms with Gasteiger partial charge in [0.25, 0.3) is 0 Å². The normalized spacial score (nSPS) is 21.0. The van der Waals surface area contributed by atoms with Crippen molar-refractivity contribution in [3.8, 4) is 0 Å². The van der Waals surface area contributed by atoms with Gasteiger partial charge < -0.3 is 20.1 Å². The van der Waals surface area contributed by atoms with E-state index >= 15 is 0 Å². The van der Waals surface area contributed by atoms with Crippen LogP contribution in [0.2, 0.25) is 0 Å². The topological polar surface area (TPSA) is 58.1 Å². The van der Waals surface area contributed by atoms with Crippen molar-refractivity contribution >= 4 is 5.96 Å². The summed E-state index contributed by atoms with van der Waals surface area (Å²) in [7, 11) is 0. The molecule has 0 spiro atoms. The number of nitrogens with one attached hydrogen (secondary N) is 2. The first-order chi connectivity index (χ1) is 14.1. The summed E-state index contributed by atoms with van der Waals surface area (Å²) in [6, 6.07) is 10.9. The third-order valence-electron chi connectivity index (χ3n) is 6.27. The molecular weight excluding hydrogens is 364 g/mol. The van der Waals surface area contributed by atoms with E-state index < -0.39 is 0 Å². The summed E-state index contributed by atoms with van der Waals surface area (Å²) in [6.07, 6.45) is 2.06. The predicted octanol–water partition coefficient (Wildman–Crippen LogP) is 2.40. The molecule has 2 aliphatic rings. The molecule has 0 aromatic heterocycles. The zero-order valence-electron chi connectivity index (χ0n) is 18.4. The first kappa shape index (κ1) is 22.1. The number of ether oxygens (including phenoxy) is 2. The molecule has 6 heteroatoms. The number of benzene rings is 1. The molecular formula is C23H38N4O2. The zero-order valence-corrected chi connectivity index (χ0v) is 18.4. The van der Waals surface area contributed by atoms with E-state index in [4.69, 9.17) is 14.5 Å². The van der Waals surface area contributed by atoms with E-state index in [0.29, 0.717) is 0 Å². The third-order valence-corrected chi connectivity index (χ3v) is 6.27. The molecule has 0 saturated carbocycles. The fourth-order valence-corrected chi connectivity index (χ4v) is 4.26. The maximum Gasteiger partial charge on any atom is 0.191 e. The zero-order chi connectivity index (χ0) is 20.6. The molecule has 0 radical (unpaired) electrons. The lowest BCUT2D eigenvalue weighted by Crippen LogP contribution is -2.52. The molecule has 0 atom stereocenters. The first-order valence-corrected chi connectivity index (χ1v) is 11.0. The van der Waals surface area contributed by atoms with Gasteiger partial charge in [0.2, 0.25) is 0 Å². The van der Waals surface area contributed by atoms with E-state index in [0.717, 1.165) is 78.0 Å². The minimum absolute atomic E-state index is 0.0158. The number of guanidine groups is 1. The maximum atomic E-state index is 5.67. The third kappa shape index (κ3) is 5.93. The lowest BCUT2D eigenvalue weighted by Gasteiger charge is -2.40. The Morgan fingerprint density at radius 2 is 1.69 bits per heavy atom. The highest BCUT2D eigenvalue weighted by Gasteiger charge is 2.34. The SMILES string of the molecule is CCNC(=NCC(C)(C)N1CCOCC1)NCC1(c2ccccc2)CCOCC1. The quantitative estimate of drug-likeness (QED) is 0.542. The van der Waals surface area contributed by atoms with E-state index in [1.807, 2.05) is 0 Å². The summed E-state index contributed by atoms with van der Waals surface area (Å²) in [5.74, 6) is 0.899. The molecule has 0 unspecified atom stereocenters. The summed E-state index contributed by atoms with van der Waals surface area (Å²) in [4.78, 5) is 7.43. The predicted molar refractivity (Wildman–Crippen MR) is 119 cm³/mol. The van der Waals surface area contributed by atoms with Gasteiger partial charge in [0.15, 0.2) is 5.96 Å². The number of hydrogen-bond donors (Lipinski definition) is 2. The molecule has 0 amide bonds. The molecule has 1 aromatic carbocycles. The van der Waals surface area contributed by atoms with Crippen molar-refractivity contribution in [2.45, 2.75) is 44.6 Å². The number of morpholine rings is 1. The van der Waals surface area contributed by atoms with Crippen molar-refractivity contribution in [1.29, 1.82) is 0 Å². The standard InChI is InChI=1S/C23H38N4O2/c1-4-24-21(25-18-22(2,3)27-12-16-29-17-13-27)26-19-23(10-14-28-15-11-23)20-8-6-5-7-9-20/h5-9H,4,10-19H2,1-3H3,(H2,24,25,26). The molecule has 2 heterocycles. The highest BCUT2D eigenvalue weighted by Crippen LogP contribution is 2.34. The Labute approximate surface area is 176 Å². The molecule has 29 heavy (non-hydrogen) atoms. The average molecular weight is 403 g/mol. The van der Waals surface area contributed by atoms with Gasteiger partial charge in [0, 0.05) is 50.3 Å². The first-order valence-electron chi connectivity index (χ1n) is 11.0. The van der Waals surface area contributed by atoms with Crippen LogP contribution in [0.15, 0.2) is 35.3 Å². The van der Waals surface area contributed by atoms with Crippen LogP contribution in [0.3, 0.4) is 0 Å². The van der Waals surface area contributed by atoms with Crippen molar-refractivity contribution in [2.24, 2.45) is 4.99 Å². The van der Waals surface area contributed by atoms with Gasteiger partial charge in [-0.25, -0.2) is 0 Å². The van der Waals surface area contributed by atoms with Gasteiger partial charge in [-0.2, -0.15) is 0 Å². The molecule has 6 nitrogen and oxygen atoms in total. The fourth-order valence-electron chi connectivity index (χ4n) is 4.26.